The largest absolute Gasteiger partial charge is 0.495 e. The summed E-state index contributed by atoms with van der Waals surface area (Å²) in [7, 11) is -0.704. The quantitative estimate of drug-likeness (QED) is 0.0778. The zero-order valence-electron chi connectivity index (χ0n) is 43.6. The smallest absolute Gasteiger partial charge is 0.399 e. The first-order valence-corrected chi connectivity index (χ1v) is 27.5. The molecule has 4 fully saturated rings. The van der Waals surface area contributed by atoms with Crippen LogP contribution in [0.2, 0.25) is 0 Å². The monoisotopic (exact) mass is 877 g/mol. The second kappa shape index (κ2) is 20.6. The first-order chi connectivity index (χ1) is 30.5. The molecule has 0 unspecified atom stereocenters. The van der Waals surface area contributed by atoms with Crippen LogP contribution in [0.4, 0.5) is 0 Å². The van der Waals surface area contributed by atoms with Gasteiger partial charge in [-0.1, -0.05) is 168 Å². The van der Waals surface area contributed by atoms with Gasteiger partial charge in [-0.15, -0.1) is 0 Å². The van der Waals surface area contributed by atoms with E-state index in [9.17, 15) is 0 Å². The molecule has 0 bridgehead atoms. The molecule has 0 spiro atoms. The summed E-state index contributed by atoms with van der Waals surface area (Å²) in [6.07, 6.45) is 33.7. The Bertz CT molecular complexity index is 1680. The summed E-state index contributed by atoms with van der Waals surface area (Å²) in [6.45, 7) is 27.2. The van der Waals surface area contributed by atoms with E-state index in [4.69, 9.17) is 18.6 Å². The van der Waals surface area contributed by atoms with Crippen LogP contribution in [0.5, 0.6) is 0 Å². The number of hydrogen-bond acceptors (Lipinski definition) is 4. The van der Waals surface area contributed by atoms with Crippen molar-refractivity contribution in [2.24, 2.45) is 11.8 Å². The molecule has 356 valence electrons. The molecule has 0 atom stereocenters. The summed E-state index contributed by atoms with van der Waals surface area (Å²) in [5, 5.41) is 0. The number of unbranched alkanes of at least 4 members (excludes halogenated alkanes) is 14. The van der Waals surface area contributed by atoms with Crippen LogP contribution in [0.15, 0.2) is 24.3 Å². The topological polar surface area (TPSA) is 36.9 Å². The van der Waals surface area contributed by atoms with Crippen molar-refractivity contribution in [2.45, 2.75) is 283 Å². The van der Waals surface area contributed by atoms with Crippen molar-refractivity contribution in [3.8, 4) is 11.1 Å². The van der Waals surface area contributed by atoms with Gasteiger partial charge in [0.15, 0.2) is 0 Å². The lowest BCUT2D eigenvalue weighted by atomic mass is 9.53. The molecule has 2 saturated carbocycles. The Morgan fingerprint density at radius 3 is 1.02 bits per heavy atom. The second-order valence-electron chi connectivity index (χ2n) is 24.1. The van der Waals surface area contributed by atoms with Gasteiger partial charge in [-0.3, -0.25) is 0 Å². The fraction of sp³-hybridized carbons (Fsp3) is 0.793. The maximum Gasteiger partial charge on any atom is 0.495 e. The molecular weight excluding hydrogens is 782 g/mol. The van der Waals surface area contributed by atoms with Gasteiger partial charge in [0.25, 0.3) is 0 Å². The zero-order valence-corrected chi connectivity index (χ0v) is 43.6. The molecule has 0 N–H and O–H groups in total. The molecule has 0 amide bonds. The van der Waals surface area contributed by atoms with Crippen molar-refractivity contribution in [1.29, 1.82) is 0 Å². The van der Waals surface area contributed by atoms with Crippen LogP contribution in [0.1, 0.15) is 259 Å². The Kier molecular flexibility index (Phi) is 16.2. The summed E-state index contributed by atoms with van der Waals surface area (Å²) in [5.74, 6) is 1.46. The van der Waals surface area contributed by atoms with E-state index < -0.39 is 0 Å². The van der Waals surface area contributed by atoms with Crippen LogP contribution in [-0.2, 0) is 42.3 Å². The van der Waals surface area contributed by atoms with E-state index >= 15 is 0 Å². The van der Waals surface area contributed by atoms with Crippen LogP contribution >= 0.6 is 0 Å². The lowest BCUT2D eigenvalue weighted by molar-refractivity contribution is 0.00578. The van der Waals surface area contributed by atoms with Gasteiger partial charge in [-0.25, -0.2) is 0 Å². The Labute approximate surface area is 394 Å². The summed E-state index contributed by atoms with van der Waals surface area (Å²) in [6, 6.07) is 10.8. The molecule has 3 aliphatic carbocycles. The number of rotatable bonds is 24. The molecule has 6 heteroatoms. The minimum Gasteiger partial charge on any atom is -0.399 e. The fourth-order valence-corrected chi connectivity index (χ4v) is 13.4. The van der Waals surface area contributed by atoms with Crippen molar-refractivity contribution < 1.29 is 18.6 Å². The predicted molar refractivity (Wildman–Crippen MR) is 275 cm³/mol. The van der Waals surface area contributed by atoms with E-state index in [2.05, 4.69) is 107 Å². The second-order valence-corrected chi connectivity index (χ2v) is 24.1. The van der Waals surface area contributed by atoms with Gasteiger partial charge in [0.05, 0.1) is 22.4 Å². The number of benzene rings is 2. The van der Waals surface area contributed by atoms with Crippen LogP contribution in [-0.4, -0.2) is 36.6 Å². The highest BCUT2D eigenvalue weighted by Gasteiger charge is 2.67. The lowest BCUT2D eigenvalue weighted by Gasteiger charge is -2.48. The summed E-state index contributed by atoms with van der Waals surface area (Å²) >= 11 is 0. The molecule has 0 aromatic heterocycles. The highest BCUT2D eigenvalue weighted by Crippen LogP contribution is 2.72. The normalized spacial score (nSPS) is 26.9. The predicted octanol–water partition coefficient (Wildman–Crippen LogP) is 15.2. The Morgan fingerprint density at radius 1 is 0.406 bits per heavy atom. The van der Waals surface area contributed by atoms with Crippen molar-refractivity contribution >= 4 is 25.2 Å². The van der Waals surface area contributed by atoms with E-state index in [1.54, 1.807) is 11.1 Å². The number of fused-ring (bicyclic) bond motifs is 3. The van der Waals surface area contributed by atoms with E-state index in [1.807, 2.05) is 0 Å². The van der Waals surface area contributed by atoms with E-state index in [0.29, 0.717) is 0 Å². The van der Waals surface area contributed by atoms with E-state index in [-0.39, 0.29) is 47.5 Å². The van der Waals surface area contributed by atoms with Gasteiger partial charge in [-0.05, 0) is 163 Å². The van der Waals surface area contributed by atoms with Crippen LogP contribution < -0.4 is 10.9 Å². The molecule has 4 nitrogen and oxygen atoms in total. The third kappa shape index (κ3) is 9.81. The van der Waals surface area contributed by atoms with Gasteiger partial charge < -0.3 is 18.6 Å². The van der Waals surface area contributed by atoms with Crippen molar-refractivity contribution in [1.82, 2.24) is 0 Å². The summed E-state index contributed by atoms with van der Waals surface area (Å²) in [4.78, 5) is 0. The molecular formula is C58H94B2O4. The fourth-order valence-electron chi connectivity index (χ4n) is 13.4. The molecule has 2 aromatic rings. The van der Waals surface area contributed by atoms with Gasteiger partial charge in [-0.2, -0.15) is 0 Å². The molecule has 2 heterocycles. The summed E-state index contributed by atoms with van der Waals surface area (Å²) < 4.78 is 28.2. The molecule has 2 aromatic carbocycles. The highest BCUT2D eigenvalue weighted by molar-refractivity contribution is 6.63. The first-order valence-electron chi connectivity index (χ1n) is 27.5. The molecule has 2 saturated heterocycles. The molecule has 5 aliphatic rings. The maximum absolute atomic E-state index is 7.05. The van der Waals surface area contributed by atoms with Crippen molar-refractivity contribution in [2.75, 3.05) is 0 Å². The van der Waals surface area contributed by atoms with E-state index in [1.165, 1.54) is 187 Å². The Morgan fingerprint density at radius 2 is 0.703 bits per heavy atom. The SMILES string of the molecule is CCCCCCCC1C[C@]23CC(CCCCCCC)C[C@@]2(C1)c1cc(B2OC(C)(C)C(C)(C)O2)c(CCCCCC)cc1-c1cc(CCCCCC)c(B2OC(C)(C)C(C)(C)O2)cc13. The average Bonchev–Trinajstić information content (AvgIpc) is 3.87. The van der Waals surface area contributed by atoms with Gasteiger partial charge >= 0.3 is 14.2 Å². The maximum atomic E-state index is 7.05. The lowest BCUT2D eigenvalue weighted by Crippen LogP contribution is -2.47. The Hall–Kier alpha value is -1.59. The minimum absolute atomic E-state index is 0.0898. The average molecular weight is 877 g/mol. The van der Waals surface area contributed by atoms with Gasteiger partial charge in [0, 0.05) is 10.8 Å². The van der Waals surface area contributed by atoms with Crippen molar-refractivity contribution in [3.05, 3.63) is 46.5 Å². The molecule has 2 aliphatic heterocycles. The zero-order chi connectivity index (χ0) is 46.0. The first kappa shape index (κ1) is 50.3. The van der Waals surface area contributed by atoms with Crippen LogP contribution in [0, 0.1) is 11.8 Å². The third-order valence-corrected chi connectivity index (χ3v) is 18.4. The minimum atomic E-state index is -0.384. The number of aryl methyl sites for hydroxylation is 2. The van der Waals surface area contributed by atoms with Crippen LogP contribution in [0.3, 0.4) is 0 Å². The van der Waals surface area contributed by atoms with E-state index in [0.717, 1.165) is 24.7 Å². The number of hydrogen-bond donors (Lipinski definition) is 0. The van der Waals surface area contributed by atoms with Gasteiger partial charge in [0.1, 0.15) is 0 Å². The van der Waals surface area contributed by atoms with Gasteiger partial charge in [0.2, 0.25) is 0 Å². The summed E-state index contributed by atoms with van der Waals surface area (Å²) in [5.41, 5.74) is 10.5. The Balaban J connectivity index is 1.44. The van der Waals surface area contributed by atoms with Crippen LogP contribution in [0.25, 0.3) is 11.1 Å². The molecule has 64 heavy (non-hydrogen) atoms. The molecule has 7 rings (SSSR count). The third-order valence-electron chi connectivity index (χ3n) is 18.4. The standard InChI is InChI=1S/C58H94B2O4/c1-13-17-21-25-27-31-43-39-57-41-44(32-28-26-22-18-14-2)42-58(57,40-43)50-38-52(60-63-55(9,10)56(11,12)64-60)46(34-30-24-20-16-4)36-48(50)47-35-45(33-29-23-19-15-3)51(37-49(47)57)59-61-53(5,6)54(7,8)62-59/h35-38,43-44H,13-34,39-42H2,1-12H3/t43?,44?,57-,58+. The van der Waals surface area contributed by atoms with Crippen molar-refractivity contribution in [3.63, 3.8) is 0 Å². The molecule has 0 radical (unpaired) electrons. The highest BCUT2D eigenvalue weighted by atomic mass is 16.7.